The van der Waals surface area contributed by atoms with Gasteiger partial charge < -0.3 is 15.4 Å². The molecular formula is C19H24N2O3S. The van der Waals surface area contributed by atoms with Crippen molar-refractivity contribution in [3.63, 3.8) is 0 Å². The van der Waals surface area contributed by atoms with Crippen LogP contribution in [-0.4, -0.2) is 25.5 Å². The van der Waals surface area contributed by atoms with Gasteiger partial charge in [0.1, 0.15) is 5.75 Å². The molecule has 0 saturated heterocycles. The maximum absolute atomic E-state index is 12.1. The second kappa shape index (κ2) is 9.22. The van der Waals surface area contributed by atoms with E-state index < -0.39 is 0 Å². The SMILES string of the molecule is COc1ccc(C)cc1C(C)NC(=O)CCCNC(=O)c1cccs1. The maximum atomic E-state index is 12.1. The highest BCUT2D eigenvalue weighted by Gasteiger charge is 2.14. The molecule has 1 unspecified atom stereocenters. The lowest BCUT2D eigenvalue weighted by atomic mass is 10.0. The summed E-state index contributed by atoms with van der Waals surface area (Å²) in [5.41, 5.74) is 2.08. The number of carbonyl (C=O) groups is 2. The molecule has 0 radical (unpaired) electrons. The van der Waals surface area contributed by atoms with Crippen LogP contribution in [-0.2, 0) is 4.79 Å². The molecule has 5 nitrogen and oxygen atoms in total. The van der Waals surface area contributed by atoms with Crippen molar-refractivity contribution < 1.29 is 14.3 Å². The fourth-order valence-corrected chi connectivity index (χ4v) is 3.17. The molecule has 2 rings (SSSR count). The number of hydrogen-bond donors (Lipinski definition) is 2. The van der Waals surface area contributed by atoms with Gasteiger partial charge in [-0.25, -0.2) is 0 Å². The van der Waals surface area contributed by atoms with Crippen molar-refractivity contribution in [3.05, 3.63) is 51.7 Å². The minimum Gasteiger partial charge on any atom is -0.496 e. The van der Waals surface area contributed by atoms with Crippen molar-refractivity contribution in [1.29, 1.82) is 0 Å². The van der Waals surface area contributed by atoms with E-state index in [2.05, 4.69) is 10.6 Å². The average Bonchev–Trinajstić information content (AvgIpc) is 3.13. The van der Waals surface area contributed by atoms with Gasteiger partial charge in [-0.05, 0) is 37.8 Å². The molecule has 1 atom stereocenters. The van der Waals surface area contributed by atoms with Crippen LogP contribution in [0.15, 0.2) is 35.7 Å². The van der Waals surface area contributed by atoms with Gasteiger partial charge in [-0.2, -0.15) is 0 Å². The number of nitrogens with one attached hydrogen (secondary N) is 2. The van der Waals surface area contributed by atoms with Gasteiger partial charge in [0, 0.05) is 18.5 Å². The number of thiophene rings is 1. The summed E-state index contributed by atoms with van der Waals surface area (Å²) in [5, 5.41) is 7.67. The summed E-state index contributed by atoms with van der Waals surface area (Å²) in [6.45, 7) is 4.42. The van der Waals surface area contributed by atoms with Crippen molar-refractivity contribution in [2.24, 2.45) is 0 Å². The van der Waals surface area contributed by atoms with Crippen molar-refractivity contribution in [3.8, 4) is 5.75 Å². The fraction of sp³-hybridized carbons (Fsp3) is 0.368. The third kappa shape index (κ3) is 5.60. The zero-order valence-electron chi connectivity index (χ0n) is 14.8. The Hall–Kier alpha value is -2.34. The zero-order valence-corrected chi connectivity index (χ0v) is 15.6. The topological polar surface area (TPSA) is 67.4 Å². The predicted octanol–water partition coefficient (Wildman–Crippen LogP) is 3.45. The fourth-order valence-electron chi connectivity index (χ4n) is 2.53. The highest BCUT2D eigenvalue weighted by molar-refractivity contribution is 7.12. The van der Waals surface area contributed by atoms with Gasteiger partial charge in [-0.1, -0.05) is 23.8 Å². The molecule has 1 heterocycles. The lowest BCUT2D eigenvalue weighted by Gasteiger charge is -2.18. The first-order chi connectivity index (χ1) is 12.0. The number of benzene rings is 1. The van der Waals surface area contributed by atoms with E-state index in [9.17, 15) is 9.59 Å². The number of rotatable bonds is 8. The molecule has 6 heteroatoms. The first kappa shape index (κ1) is 19.0. The van der Waals surface area contributed by atoms with Gasteiger partial charge in [-0.15, -0.1) is 11.3 Å². The van der Waals surface area contributed by atoms with Crippen LogP contribution in [0, 0.1) is 6.92 Å². The molecule has 2 N–H and O–H groups in total. The smallest absolute Gasteiger partial charge is 0.261 e. The molecule has 0 spiro atoms. The number of methoxy groups -OCH3 is 1. The molecule has 2 aromatic rings. The van der Waals surface area contributed by atoms with Gasteiger partial charge in [0.05, 0.1) is 18.0 Å². The van der Waals surface area contributed by atoms with Gasteiger partial charge in [0.25, 0.3) is 5.91 Å². The summed E-state index contributed by atoms with van der Waals surface area (Å²) in [5.74, 6) is 0.635. The van der Waals surface area contributed by atoms with E-state index >= 15 is 0 Å². The molecule has 25 heavy (non-hydrogen) atoms. The first-order valence-corrected chi connectivity index (χ1v) is 9.15. The highest BCUT2D eigenvalue weighted by atomic mass is 32.1. The van der Waals surface area contributed by atoms with Crippen LogP contribution in [0.2, 0.25) is 0 Å². The van der Waals surface area contributed by atoms with E-state index in [1.807, 2.05) is 43.5 Å². The Labute approximate surface area is 152 Å². The molecule has 0 aliphatic heterocycles. The normalized spacial score (nSPS) is 11.6. The van der Waals surface area contributed by atoms with Crippen LogP contribution in [0.3, 0.4) is 0 Å². The Kier molecular flexibility index (Phi) is 7.01. The van der Waals surface area contributed by atoms with Gasteiger partial charge in [0.15, 0.2) is 0 Å². The molecule has 1 aromatic carbocycles. The van der Waals surface area contributed by atoms with Gasteiger partial charge in [0.2, 0.25) is 5.91 Å². The standard InChI is InChI=1S/C19H24N2O3S/c1-13-8-9-16(24-3)15(12-13)14(2)21-18(22)7-4-10-20-19(23)17-6-5-11-25-17/h5-6,8-9,11-12,14H,4,7,10H2,1-3H3,(H,20,23)(H,21,22). The van der Waals surface area contributed by atoms with E-state index in [-0.39, 0.29) is 17.9 Å². The molecule has 0 fully saturated rings. The lowest BCUT2D eigenvalue weighted by molar-refractivity contribution is -0.121. The van der Waals surface area contributed by atoms with Crippen LogP contribution in [0.5, 0.6) is 5.75 Å². The summed E-state index contributed by atoms with van der Waals surface area (Å²) in [7, 11) is 1.62. The van der Waals surface area contributed by atoms with Crippen molar-refractivity contribution >= 4 is 23.2 Å². The maximum Gasteiger partial charge on any atom is 0.261 e. The quantitative estimate of drug-likeness (QED) is 0.709. The summed E-state index contributed by atoms with van der Waals surface area (Å²) in [6, 6.07) is 9.39. The predicted molar refractivity (Wildman–Crippen MR) is 100 cm³/mol. The number of ether oxygens (including phenoxy) is 1. The Balaban J connectivity index is 1.76. The minimum absolute atomic E-state index is 0.0403. The van der Waals surface area contributed by atoms with Crippen molar-refractivity contribution in [1.82, 2.24) is 10.6 Å². The van der Waals surface area contributed by atoms with Crippen molar-refractivity contribution in [2.45, 2.75) is 32.7 Å². The van der Waals surface area contributed by atoms with Crippen LogP contribution < -0.4 is 15.4 Å². The van der Waals surface area contributed by atoms with Crippen LogP contribution in [0.1, 0.15) is 46.6 Å². The van der Waals surface area contributed by atoms with Gasteiger partial charge >= 0.3 is 0 Å². The van der Waals surface area contributed by atoms with Crippen molar-refractivity contribution in [2.75, 3.05) is 13.7 Å². The first-order valence-electron chi connectivity index (χ1n) is 8.27. The second-order valence-electron chi connectivity index (χ2n) is 5.87. The number of amides is 2. The van der Waals surface area contributed by atoms with Crippen LogP contribution in [0.25, 0.3) is 0 Å². The summed E-state index contributed by atoms with van der Waals surface area (Å²) in [4.78, 5) is 24.6. The molecule has 2 amide bonds. The molecule has 1 aromatic heterocycles. The van der Waals surface area contributed by atoms with E-state index in [0.717, 1.165) is 16.9 Å². The molecule has 134 valence electrons. The minimum atomic E-state index is -0.136. The van der Waals surface area contributed by atoms with E-state index in [1.54, 1.807) is 13.2 Å². The number of hydrogen-bond acceptors (Lipinski definition) is 4. The molecular weight excluding hydrogens is 336 g/mol. The molecule has 0 aliphatic rings. The third-order valence-corrected chi connectivity index (χ3v) is 4.71. The molecule has 0 bridgehead atoms. The Morgan fingerprint density at radius 3 is 2.76 bits per heavy atom. The Morgan fingerprint density at radius 1 is 1.28 bits per heavy atom. The Morgan fingerprint density at radius 2 is 2.08 bits per heavy atom. The Bertz CT molecular complexity index is 713. The molecule has 0 aliphatic carbocycles. The molecule has 0 saturated carbocycles. The monoisotopic (exact) mass is 360 g/mol. The summed E-state index contributed by atoms with van der Waals surface area (Å²) >= 11 is 1.40. The summed E-state index contributed by atoms with van der Waals surface area (Å²) in [6.07, 6.45) is 0.962. The van der Waals surface area contributed by atoms with E-state index in [1.165, 1.54) is 11.3 Å². The lowest BCUT2D eigenvalue weighted by Crippen LogP contribution is -2.29. The second-order valence-corrected chi connectivity index (χ2v) is 6.82. The van der Waals surface area contributed by atoms with Gasteiger partial charge in [-0.3, -0.25) is 9.59 Å². The third-order valence-electron chi connectivity index (χ3n) is 3.84. The largest absolute Gasteiger partial charge is 0.496 e. The zero-order chi connectivity index (χ0) is 18.2. The summed E-state index contributed by atoms with van der Waals surface area (Å²) < 4.78 is 5.37. The number of carbonyl (C=O) groups excluding carboxylic acids is 2. The van der Waals surface area contributed by atoms with Crippen LogP contribution >= 0.6 is 11.3 Å². The average molecular weight is 360 g/mol. The van der Waals surface area contributed by atoms with Crippen LogP contribution in [0.4, 0.5) is 0 Å². The number of aryl methyl sites for hydroxylation is 1. The highest BCUT2D eigenvalue weighted by Crippen LogP contribution is 2.26. The van der Waals surface area contributed by atoms with E-state index in [4.69, 9.17) is 4.74 Å². The van der Waals surface area contributed by atoms with E-state index in [0.29, 0.717) is 24.3 Å².